The highest BCUT2D eigenvalue weighted by Gasteiger charge is 2.27. The minimum Gasteiger partial charge on any atom is -0.469 e. The minimum absolute atomic E-state index is 0.102. The van der Waals surface area contributed by atoms with Crippen molar-refractivity contribution in [3.8, 4) is 0 Å². The topological polar surface area (TPSA) is 43.4 Å². The first kappa shape index (κ1) is 14.9. The summed E-state index contributed by atoms with van der Waals surface area (Å²) in [4.78, 5) is 21.8. The van der Waals surface area contributed by atoms with E-state index < -0.39 is 0 Å². The van der Waals surface area contributed by atoms with Crippen LogP contribution in [0, 0.1) is 5.41 Å². The Hall–Kier alpha value is -1.12. The Labute approximate surface area is 110 Å². The van der Waals surface area contributed by atoms with Crippen molar-refractivity contribution in [2.24, 2.45) is 5.41 Å². The van der Waals surface area contributed by atoms with Gasteiger partial charge >= 0.3 is 5.97 Å². The highest BCUT2D eigenvalue weighted by molar-refractivity contribution is 5.68. The first-order valence-corrected chi connectivity index (χ1v) is 6.90. The van der Waals surface area contributed by atoms with Crippen molar-refractivity contribution in [1.82, 2.24) is 0 Å². The molecular weight excluding hydrogens is 228 g/mol. The fourth-order valence-electron chi connectivity index (χ4n) is 2.66. The molecule has 1 aliphatic rings. The maximum atomic E-state index is 11.0. The predicted octanol–water partition coefficient (Wildman–Crippen LogP) is 3.43. The Balaban J connectivity index is 2.26. The molecule has 1 unspecified atom stereocenters. The van der Waals surface area contributed by atoms with Gasteiger partial charge in [0.05, 0.1) is 7.11 Å². The van der Waals surface area contributed by atoms with Gasteiger partial charge in [0.15, 0.2) is 0 Å². The Kier molecular flexibility index (Phi) is 6.69. The van der Waals surface area contributed by atoms with Crippen LogP contribution in [0.15, 0.2) is 12.2 Å². The molecule has 0 radical (unpaired) electrons. The lowest BCUT2D eigenvalue weighted by Gasteiger charge is -2.31. The minimum atomic E-state index is -0.129. The molecular formula is C15H24O3. The summed E-state index contributed by atoms with van der Waals surface area (Å²) in [7, 11) is 1.42. The standard InChI is InChI=1S/C15H24O3/c1-18-14(17)8-4-2-5-9-15(12-13-16)10-6-3-7-11-15/h6,10,13H,2-5,7-9,11-12H2,1H3. The van der Waals surface area contributed by atoms with E-state index >= 15 is 0 Å². The molecule has 3 nitrogen and oxygen atoms in total. The molecule has 0 fully saturated rings. The number of hydrogen-bond acceptors (Lipinski definition) is 3. The first-order valence-electron chi connectivity index (χ1n) is 6.90. The second-order valence-electron chi connectivity index (χ2n) is 5.16. The molecule has 0 aliphatic heterocycles. The normalized spacial score (nSPS) is 22.7. The summed E-state index contributed by atoms with van der Waals surface area (Å²) in [6.45, 7) is 0. The van der Waals surface area contributed by atoms with Gasteiger partial charge in [0.1, 0.15) is 6.29 Å². The number of carbonyl (C=O) groups excluding carboxylic acids is 2. The second-order valence-corrected chi connectivity index (χ2v) is 5.16. The number of esters is 1. The lowest BCUT2D eigenvalue weighted by atomic mass is 9.73. The Bertz CT molecular complexity index is 296. The molecule has 1 rings (SSSR count). The van der Waals surface area contributed by atoms with Crippen LogP contribution in [-0.2, 0) is 14.3 Å². The van der Waals surface area contributed by atoms with Gasteiger partial charge in [-0.1, -0.05) is 25.0 Å². The van der Waals surface area contributed by atoms with Crippen LogP contribution < -0.4 is 0 Å². The largest absolute Gasteiger partial charge is 0.469 e. The highest BCUT2D eigenvalue weighted by atomic mass is 16.5. The molecule has 0 amide bonds. The highest BCUT2D eigenvalue weighted by Crippen LogP contribution is 2.38. The second kappa shape index (κ2) is 8.06. The number of ether oxygens (including phenoxy) is 1. The third kappa shape index (κ3) is 5.03. The van der Waals surface area contributed by atoms with Crippen LogP contribution in [0.2, 0.25) is 0 Å². The lowest BCUT2D eigenvalue weighted by molar-refractivity contribution is -0.140. The van der Waals surface area contributed by atoms with Gasteiger partial charge in [-0.05, 0) is 37.5 Å². The van der Waals surface area contributed by atoms with Crippen LogP contribution in [0.1, 0.15) is 57.8 Å². The third-order valence-corrected chi connectivity index (χ3v) is 3.79. The maximum absolute atomic E-state index is 11.0. The van der Waals surface area contributed by atoms with Crippen LogP contribution in [0.3, 0.4) is 0 Å². The van der Waals surface area contributed by atoms with Gasteiger partial charge in [-0.2, -0.15) is 0 Å². The molecule has 0 bridgehead atoms. The smallest absolute Gasteiger partial charge is 0.305 e. The van der Waals surface area contributed by atoms with Gasteiger partial charge in [0, 0.05) is 12.8 Å². The fraction of sp³-hybridized carbons (Fsp3) is 0.733. The molecule has 0 aromatic rings. The summed E-state index contributed by atoms with van der Waals surface area (Å²) in [5.41, 5.74) is 0.102. The van der Waals surface area contributed by atoms with Crippen molar-refractivity contribution < 1.29 is 14.3 Å². The van der Waals surface area contributed by atoms with E-state index in [1.807, 2.05) is 0 Å². The molecule has 0 heterocycles. The van der Waals surface area contributed by atoms with E-state index in [1.54, 1.807) is 0 Å². The van der Waals surface area contributed by atoms with E-state index in [9.17, 15) is 9.59 Å². The van der Waals surface area contributed by atoms with Gasteiger partial charge in [-0.15, -0.1) is 0 Å². The van der Waals surface area contributed by atoms with Crippen LogP contribution >= 0.6 is 0 Å². The Morgan fingerprint density at radius 3 is 2.83 bits per heavy atom. The predicted molar refractivity (Wildman–Crippen MR) is 71.2 cm³/mol. The number of methoxy groups -OCH3 is 1. The van der Waals surface area contributed by atoms with E-state index in [4.69, 9.17) is 0 Å². The zero-order valence-electron chi connectivity index (χ0n) is 11.3. The van der Waals surface area contributed by atoms with Crippen LogP contribution in [-0.4, -0.2) is 19.4 Å². The number of rotatable bonds is 8. The number of aldehydes is 1. The van der Waals surface area contributed by atoms with Gasteiger partial charge < -0.3 is 9.53 Å². The molecule has 0 aromatic carbocycles. The molecule has 0 spiro atoms. The monoisotopic (exact) mass is 252 g/mol. The molecule has 0 saturated carbocycles. The molecule has 102 valence electrons. The molecule has 0 saturated heterocycles. The van der Waals surface area contributed by atoms with Gasteiger partial charge in [-0.3, -0.25) is 4.79 Å². The molecule has 1 aliphatic carbocycles. The maximum Gasteiger partial charge on any atom is 0.305 e. The molecule has 18 heavy (non-hydrogen) atoms. The first-order chi connectivity index (χ1) is 8.72. The third-order valence-electron chi connectivity index (χ3n) is 3.79. The average molecular weight is 252 g/mol. The fourth-order valence-corrected chi connectivity index (χ4v) is 2.66. The van der Waals surface area contributed by atoms with E-state index in [-0.39, 0.29) is 11.4 Å². The van der Waals surface area contributed by atoms with E-state index in [0.717, 1.165) is 44.8 Å². The van der Waals surface area contributed by atoms with E-state index in [2.05, 4.69) is 16.9 Å². The summed E-state index contributed by atoms with van der Waals surface area (Å²) in [6, 6.07) is 0. The van der Waals surface area contributed by atoms with E-state index in [1.165, 1.54) is 13.5 Å². The Morgan fingerprint density at radius 2 is 2.22 bits per heavy atom. The summed E-state index contributed by atoms with van der Waals surface area (Å²) in [5.74, 6) is -0.129. The molecule has 3 heteroatoms. The van der Waals surface area contributed by atoms with Gasteiger partial charge in [0.2, 0.25) is 0 Å². The Morgan fingerprint density at radius 1 is 1.39 bits per heavy atom. The lowest BCUT2D eigenvalue weighted by Crippen LogP contribution is -2.21. The number of carbonyl (C=O) groups is 2. The van der Waals surface area contributed by atoms with Crippen LogP contribution in [0.25, 0.3) is 0 Å². The number of unbranched alkanes of at least 4 members (excludes halogenated alkanes) is 2. The van der Waals surface area contributed by atoms with Crippen molar-refractivity contribution in [3.63, 3.8) is 0 Å². The van der Waals surface area contributed by atoms with Crippen LogP contribution in [0.5, 0.6) is 0 Å². The van der Waals surface area contributed by atoms with Crippen molar-refractivity contribution in [2.45, 2.75) is 57.8 Å². The zero-order chi connectivity index (χ0) is 13.3. The van der Waals surface area contributed by atoms with E-state index in [0.29, 0.717) is 12.8 Å². The molecule has 0 N–H and O–H groups in total. The summed E-state index contributed by atoms with van der Waals surface area (Å²) < 4.78 is 4.61. The number of allylic oxidation sites excluding steroid dienone is 2. The van der Waals surface area contributed by atoms with Crippen molar-refractivity contribution in [2.75, 3.05) is 7.11 Å². The SMILES string of the molecule is COC(=O)CCCCCC1(CC=O)C=CCCC1. The van der Waals surface area contributed by atoms with Crippen molar-refractivity contribution >= 4 is 12.3 Å². The van der Waals surface area contributed by atoms with Crippen molar-refractivity contribution in [1.29, 1.82) is 0 Å². The zero-order valence-corrected chi connectivity index (χ0v) is 11.3. The summed E-state index contributed by atoms with van der Waals surface area (Å²) in [6.07, 6.45) is 14.1. The molecule has 0 aromatic heterocycles. The molecule has 1 atom stereocenters. The average Bonchev–Trinajstić information content (AvgIpc) is 2.39. The van der Waals surface area contributed by atoms with Crippen LogP contribution in [0.4, 0.5) is 0 Å². The van der Waals surface area contributed by atoms with Gasteiger partial charge in [0.25, 0.3) is 0 Å². The summed E-state index contributed by atoms with van der Waals surface area (Å²) >= 11 is 0. The van der Waals surface area contributed by atoms with Gasteiger partial charge in [-0.25, -0.2) is 0 Å². The quantitative estimate of drug-likeness (QED) is 0.288. The van der Waals surface area contributed by atoms with Crippen molar-refractivity contribution in [3.05, 3.63) is 12.2 Å². The summed E-state index contributed by atoms with van der Waals surface area (Å²) in [5, 5.41) is 0. The number of hydrogen-bond donors (Lipinski definition) is 0.